The highest BCUT2D eigenvalue weighted by Crippen LogP contribution is 2.34. The zero-order chi connectivity index (χ0) is 18.5. The first-order chi connectivity index (χ1) is 12.6. The lowest BCUT2D eigenvalue weighted by Crippen LogP contribution is -2.12. The fourth-order valence-electron chi connectivity index (χ4n) is 3.15. The van der Waals surface area contributed by atoms with Crippen molar-refractivity contribution < 1.29 is 18.7 Å². The molecule has 1 aliphatic carbocycles. The van der Waals surface area contributed by atoms with Gasteiger partial charge < -0.3 is 9.47 Å². The lowest BCUT2D eigenvalue weighted by atomic mass is 9.86. The van der Waals surface area contributed by atoms with Crippen molar-refractivity contribution in [2.45, 2.75) is 19.3 Å². The number of methoxy groups -OCH3 is 2. The summed E-state index contributed by atoms with van der Waals surface area (Å²) in [5.41, 5.74) is 3.14. The highest BCUT2D eigenvalue weighted by Gasteiger charge is 2.21. The minimum atomic E-state index is -0.284. The number of hydrogen-bond donors (Lipinski definition) is 0. The van der Waals surface area contributed by atoms with Crippen LogP contribution in [0.1, 0.15) is 30.4 Å². The Morgan fingerprint density at radius 3 is 2.27 bits per heavy atom. The highest BCUT2D eigenvalue weighted by atomic mass is 19.1. The number of carbonyl (C=O) groups is 1. The smallest absolute Gasteiger partial charge is 0.185 e. The number of ether oxygens (including phenoxy) is 2. The molecule has 26 heavy (non-hydrogen) atoms. The second-order valence-electron chi connectivity index (χ2n) is 6.16. The maximum absolute atomic E-state index is 13.1. The van der Waals surface area contributed by atoms with E-state index in [9.17, 15) is 9.18 Å². The number of allylic oxidation sites excluding steroid dienone is 2. The fraction of sp³-hybridized carbons (Fsp3) is 0.227. The van der Waals surface area contributed by atoms with Crippen molar-refractivity contribution in [1.82, 2.24) is 0 Å². The van der Waals surface area contributed by atoms with Gasteiger partial charge in [0.05, 0.1) is 14.2 Å². The standard InChI is InChI=1S/C22H21FO3/c1-25-20-8-4-7-18(22(20)26-2)14-17-6-3-5-16(21(17)24)13-15-9-11-19(23)12-10-15/h4,7-14H,3,5-6H2,1-2H3/b16-13+,17-14+. The molecule has 1 aliphatic rings. The molecule has 0 N–H and O–H groups in total. The van der Waals surface area contributed by atoms with E-state index in [2.05, 4.69) is 0 Å². The second-order valence-corrected chi connectivity index (χ2v) is 6.16. The molecule has 134 valence electrons. The molecule has 3 rings (SSSR count). The van der Waals surface area contributed by atoms with Gasteiger partial charge in [0.25, 0.3) is 0 Å². The summed E-state index contributed by atoms with van der Waals surface area (Å²) in [7, 11) is 3.17. The summed E-state index contributed by atoms with van der Waals surface area (Å²) >= 11 is 0. The van der Waals surface area contributed by atoms with Crippen molar-refractivity contribution in [1.29, 1.82) is 0 Å². The summed E-state index contributed by atoms with van der Waals surface area (Å²) in [4.78, 5) is 12.9. The van der Waals surface area contributed by atoms with Gasteiger partial charge in [-0.05, 0) is 55.2 Å². The second kappa shape index (κ2) is 8.00. The van der Waals surface area contributed by atoms with E-state index in [0.717, 1.165) is 41.5 Å². The number of ketones is 1. The molecule has 1 saturated carbocycles. The zero-order valence-electron chi connectivity index (χ0n) is 14.9. The molecule has 0 unspecified atom stereocenters. The van der Waals surface area contributed by atoms with E-state index in [1.54, 1.807) is 26.4 Å². The lowest BCUT2D eigenvalue weighted by molar-refractivity contribution is -0.112. The average Bonchev–Trinajstić information content (AvgIpc) is 2.66. The molecule has 2 aromatic carbocycles. The molecular weight excluding hydrogens is 331 g/mol. The number of para-hydroxylation sites is 1. The minimum absolute atomic E-state index is 0.0328. The van der Waals surface area contributed by atoms with Gasteiger partial charge in [-0.25, -0.2) is 4.39 Å². The number of Topliss-reactive ketones (excluding diaryl/α,β-unsaturated/α-hetero) is 1. The number of benzene rings is 2. The minimum Gasteiger partial charge on any atom is -0.493 e. The van der Waals surface area contributed by atoms with E-state index in [0.29, 0.717) is 11.5 Å². The Kier molecular flexibility index (Phi) is 5.52. The number of halogens is 1. The topological polar surface area (TPSA) is 35.5 Å². The molecule has 0 atom stereocenters. The van der Waals surface area contributed by atoms with E-state index in [1.165, 1.54) is 12.1 Å². The quantitative estimate of drug-likeness (QED) is 0.721. The molecule has 0 bridgehead atoms. The van der Waals surface area contributed by atoms with Gasteiger partial charge in [0, 0.05) is 16.7 Å². The van der Waals surface area contributed by atoms with Crippen LogP contribution in [-0.4, -0.2) is 20.0 Å². The molecule has 0 spiro atoms. The van der Waals surface area contributed by atoms with E-state index in [1.807, 2.05) is 30.4 Å². The van der Waals surface area contributed by atoms with Crippen molar-refractivity contribution in [3.8, 4) is 11.5 Å². The summed E-state index contributed by atoms with van der Waals surface area (Å²) in [6.45, 7) is 0. The van der Waals surface area contributed by atoms with Gasteiger partial charge in [0.2, 0.25) is 0 Å². The molecule has 1 fully saturated rings. The molecule has 0 radical (unpaired) electrons. The first-order valence-electron chi connectivity index (χ1n) is 8.55. The summed E-state index contributed by atoms with van der Waals surface area (Å²) < 4.78 is 23.8. The maximum Gasteiger partial charge on any atom is 0.185 e. The van der Waals surface area contributed by atoms with Crippen LogP contribution in [0.4, 0.5) is 4.39 Å². The Morgan fingerprint density at radius 2 is 1.62 bits per heavy atom. The monoisotopic (exact) mass is 352 g/mol. The number of carbonyl (C=O) groups excluding carboxylic acids is 1. The molecule has 0 amide bonds. The molecule has 0 aliphatic heterocycles. The third-order valence-corrected chi connectivity index (χ3v) is 4.45. The molecule has 2 aromatic rings. The Labute approximate surface area is 152 Å². The lowest BCUT2D eigenvalue weighted by Gasteiger charge is -2.17. The number of hydrogen-bond acceptors (Lipinski definition) is 3. The predicted octanol–water partition coefficient (Wildman–Crippen LogP) is 5.06. The Bertz CT molecular complexity index is 863. The summed E-state index contributed by atoms with van der Waals surface area (Å²) in [5.74, 6) is 0.996. The molecule has 0 aromatic heterocycles. The summed E-state index contributed by atoms with van der Waals surface area (Å²) in [5, 5.41) is 0. The average molecular weight is 352 g/mol. The Morgan fingerprint density at radius 1 is 0.923 bits per heavy atom. The van der Waals surface area contributed by atoms with E-state index in [-0.39, 0.29) is 11.6 Å². The first kappa shape index (κ1) is 17.9. The molecule has 4 heteroatoms. The highest BCUT2D eigenvalue weighted by molar-refractivity contribution is 6.14. The van der Waals surface area contributed by atoms with Crippen LogP contribution in [-0.2, 0) is 4.79 Å². The van der Waals surface area contributed by atoms with Crippen LogP contribution in [0.2, 0.25) is 0 Å². The van der Waals surface area contributed by atoms with Gasteiger partial charge in [-0.3, -0.25) is 4.79 Å². The van der Waals surface area contributed by atoms with E-state index in [4.69, 9.17) is 9.47 Å². The van der Waals surface area contributed by atoms with Crippen molar-refractivity contribution in [2.75, 3.05) is 14.2 Å². The third-order valence-electron chi connectivity index (χ3n) is 4.45. The Balaban J connectivity index is 1.93. The molecule has 0 heterocycles. The van der Waals surface area contributed by atoms with Gasteiger partial charge in [-0.15, -0.1) is 0 Å². The van der Waals surface area contributed by atoms with Gasteiger partial charge in [-0.2, -0.15) is 0 Å². The van der Waals surface area contributed by atoms with Crippen LogP contribution in [0.15, 0.2) is 53.6 Å². The maximum atomic E-state index is 13.1. The van der Waals surface area contributed by atoms with Crippen molar-refractivity contribution in [2.24, 2.45) is 0 Å². The van der Waals surface area contributed by atoms with Crippen molar-refractivity contribution in [3.63, 3.8) is 0 Å². The summed E-state index contributed by atoms with van der Waals surface area (Å²) in [6, 6.07) is 11.8. The predicted molar refractivity (Wildman–Crippen MR) is 101 cm³/mol. The van der Waals surface area contributed by atoms with Crippen LogP contribution in [0.3, 0.4) is 0 Å². The van der Waals surface area contributed by atoms with Gasteiger partial charge in [0.15, 0.2) is 17.3 Å². The molecule has 0 saturated heterocycles. The molecular formula is C22H21FO3. The largest absolute Gasteiger partial charge is 0.493 e. The summed E-state index contributed by atoms with van der Waals surface area (Å²) in [6.07, 6.45) is 6.07. The number of rotatable bonds is 4. The first-order valence-corrected chi connectivity index (χ1v) is 8.55. The third kappa shape index (κ3) is 3.85. The van der Waals surface area contributed by atoms with Gasteiger partial charge in [0.1, 0.15) is 5.82 Å². The van der Waals surface area contributed by atoms with Crippen LogP contribution in [0.25, 0.3) is 12.2 Å². The normalized spacial score (nSPS) is 17.6. The fourth-order valence-corrected chi connectivity index (χ4v) is 3.15. The van der Waals surface area contributed by atoms with E-state index < -0.39 is 0 Å². The van der Waals surface area contributed by atoms with Crippen LogP contribution in [0, 0.1) is 5.82 Å². The van der Waals surface area contributed by atoms with E-state index >= 15 is 0 Å². The Hall–Kier alpha value is -2.88. The van der Waals surface area contributed by atoms with Crippen LogP contribution in [0.5, 0.6) is 11.5 Å². The zero-order valence-corrected chi connectivity index (χ0v) is 14.9. The van der Waals surface area contributed by atoms with Crippen LogP contribution < -0.4 is 9.47 Å². The van der Waals surface area contributed by atoms with Gasteiger partial charge >= 0.3 is 0 Å². The van der Waals surface area contributed by atoms with Gasteiger partial charge in [-0.1, -0.05) is 24.3 Å². The van der Waals surface area contributed by atoms with Crippen molar-refractivity contribution >= 4 is 17.9 Å². The SMILES string of the molecule is COc1cccc(/C=C2\CCC/C(=C\c3ccc(F)cc3)C2=O)c1OC. The van der Waals surface area contributed by atoms with Crippen molar-refractivity contribution in [3.05, 3.63) is 70.6 Å². The molecule has 3 nitrogen and oxygen atoms in total. The van der Waals surface area contributed by atoms with Crippen LogP contribution >= 0.6 is 0 Å².